The van der Waals surface area contributed by atoms with Gasteiger partial charge in [0, 0.05) is 50.2 Å². The van der Waals surface area contributed by atoms with Gasteiger partial charge in [0.05, 0.1) is 5.69 Å². The normalized spacial score (nSPS) is 16.2. The predicted octanol–water partition coefficient (Wildman–Crippen LogP) is 3.72. The lowest BCUT2D eigenvalue weighted by Crippen LogP contribution is -2.43. The molecule has 1 atom stereocenters. The highest BCUT2D eigenvalue weighted by molar-refractivity contribution is 6.34. The fraction of sp³-hybridized carbons (Fsp3) is 0.400. The minimum Gasteiger partial charge on any atom is -0.369 e. The maximum absolute atomic E-state index is 6.63. The number of piperazine rings is 1. The van der Waals surface area contributed by atoms with Gasteiger partial charge in [-0.2, -0.15) is 5.10 Å². The van der Waals surface area contributed by atoms with Gasteiger partial charge >= 0.3 is 0 Å². The highest BCUT2D eigenvalue weighted by Crippen LogP contribution is 2.35. The second-order valence-corrected chi connectivity index (χ2v) is 7.13. The van der Waals surface area contributed by atoms with E-state index in [0.29, 0.717) is 5.02 Å². The van der Waals surface area contributed by atoms with Crippen molar-refractivity contribution < 1.29 is 0 Å². The summed E-state index contributed by atoms with van der Waals surface area (Å²) in [5.41, 5.74) is 4.19. The second kappa shape index (κ2) is 7.64. The number of fused-ring (bicyclic) bond motifs is 1. The lowest BCUT2D eigenvalue weighted by Gasteiger charge is -2.29. The van der Waals surface area contributed by atoms with Crippen molar-refractivity contribution in [2.45, 2.75) is 25.7 Å². The lowest BCUT2D eigenvalue weighted by atomic mass is 9.91. The number of nitrogens with one attached hydrogen (secondary N) is 1. The van der Waals surface area contributed by atoms with E-state index in [1.807, 2.05) is 12.3 Å². The van der Waals surface area contributed by atoms with Crippen LogP contribution in [-0.2, 0) is 0 Å². The number of nitrogens with zero attached hydrogens (tertiary/aromatic N) is 4. The monoisotopic (exact) mass is 369 g/mol. The van der Waals surface area contributed by atoms with Gasteiger partial charge in [0.25, 0.3) is 0 Å². The minimum atomic E-state index is 0.186. The van der Waals surface area contributed by atoms with E-state index in [0.717, 1.165) is 50.4 Å². The Morgan fingerprint density at radius 1 is 1.19 bits per heavy atom. The van der Waals surface area contributed by atoms with E-state index < -0.39 is 0 Å². The Bertz CT molecular complexity index is 868. The fourth-order valence-corrected chi connectivity index (χ4v) is 3.99. The first-order valence-electron chi connectivity index (χ1n) is 9.32. The summed E-state index contributed by atoms with van der Waals surface area (Å²) in [5.74, 6) is 0.186. The van der Waals surface area contributed by atoms with Crippen LogP contribution in [0.5, 0.6) is 0 Å². The molecule has 5 nitrogen and oxygen atoms in total. The second-order valence-electron chi connectivity index (χ2n) is 6.76. The molecule has 1 saturated heterocycles. The zero-order valence-electron chi connectivity index (χ0n) is 15.0. The molecule has 0 bridgehead atoms. The average Bonchev–Trinajstić information content (AvgIpc) is 3.04. The lowest BCUT2D eigenvalue weighted by molar-refractivity contribution is 0.589. The Hall–Kier alpha value is -2.11. The molecule has 1 N–H and O–H groups in total. The molecule has 6 heteroatoms. The average molecular weight is 370 g/mol. The first kappa shape index (κ1) is 17.3. The van der Waals surface area contributed by atoms with Gasteiger partial charge in [0.1, 0.15) is 5.02 Å². The van der Waals surface area contributed by atoms with Gasteiger partial charge in [-0.15, -0.1) is 0 Å². The van der Waals surface area contributed by atoms with Crippen LogP contribution in [0.3, 0.4) is 0 Å². The highest BCUT2D eigenvalue weighted by Gasteiger charge is 2.22. The Morgan fingerprint density at radius 3 is 2.65 bits per heavy atom. The number of hydrogen-bond donors (Lipinski definition) is 1. The summed E-state index contributed by atoms with van der Waals surface area (Å²) in [6.45, 7) is 6.40. The molecule has 0 aliphatic carbocycles. The van der Waals surface area contributed by atoms with Crippen molar-refractivity contribution in [1.29, 1.82) is 0 Å². The largest absolute Gasteiger partial charge is 0.369 e. The third kappa shape index (κ3) is 3.29. The van der Waals surface area contributed by atoms with E-state index in [9.17, 15) is 0 Å². The van der Waals surface area contributed by atoms with E-state index in [1.165, 1.54) is 11.3 Å². The number of anilines is 1. The molecule has 0 amide bonds. The third-order valence-corrected chi connectivity index (χ3v) is 5.41. The Balaban J connectivity index is 1.66. The van der Waals surface area contributed by atoms with Gasteiger partial charge in [-0.3, -0.25) is 0 Å². The van der Waals surface area contributed by atoms with Crippen LogP contribution >= 0.6 is 11.6 Å². The van der Waals surface area contributed by atoms with Gasteiger partial charge in [-0.05, 0) is 30.2 Å². The van der Waals surface area contributed by atoms with Gasteiger partial charge in [-0.25, -0.2) is 9.50 Å². The SMILES string of the molecule is CCCC(c1ccc(N2CCNCC2)cc1)c1nn2cccnc2c1Cl. The molecular formula is C20H24ClN5. The maximum Gasteiger partial charge on any atom is 0.174 e. The van der Waals surface area contributed by atoms with E-state index in [2.05, 4.69) is 46.4 Å². The Labute approximate surface area is 159 Å². The topological polar surface area (TPSA) is 45.5 Å². The van der Waals surface area contributed by atoms with Crippen molar-refractivity contribution in [2.75, 3.05) is 31.1 Å². The smallest absolute Gasteiger partial charge is 0.174 e. The van der Waals surface area contributed by atoms with E-state index >= 15 is 0 Å². The minimum absolute atomic E-state index is 0.186. The molecule has 26 heavy (non-hydrogen) atoms. The molecule has 2 aromatic heterocycles. The molecule has 1 aliphatic heterocycles. The van der Waals surface area contributed by atoms with Crippen molar-refractivity contribution in [2.24, 2.45) is 0 Å². The van der Waals surface area contributed by atoms with Crippen molar-refractivity contribution >= 4 is 22.9 Å². The molecular weight excluding hydrogens is 346 g/mol. The van der Waals surface area contributed by atoms with Crippen LogP contribution in [0.1, 0.15) is 36.9 Å². The first-order chi connectivity index (χ1) is 12.8. The van der Waals surface area contributed by atoms with E-state index in [1.54, 1.807) is 10.7 Å². The zero-order chi connectivity index (χ0) is 17.9. The molecule has 1 fully saturated rings. The van der Waals surface area contributed by atoms with Crippen LogP contribution < -0.4 is 10.2 Å². The molecule has 0 radical (unpaired) electrons. The standard InChI is InChI=1S/C20H24ClN5/c1-2-4-17(19-18(21)20-23-9-3-12-26(20)24-19)15-5-7-16(8-6-15)25-13-10-22-11-14-25/h3,5-9,12,17,22H,2,4,10-11,13-14H2,1H3. The van der Waals surface area contributed by atoms with Crippen LogP contribution in [0, 0.1) is 0 Å². The highest BCUT2D eigenvalue weighted by atomic mass is 35.5. The van der Waals surface area contributed by atoms with E-state index in [4.69, 9.17) is 16.7 Å². The molecule has 3 heterocycles. The predicted molar refractivity (Wildman–Crippen MR) is 106 cm³/mol. The summed E-state index contributed by atoms with van der Waals surface area (Å²) in [6.07, 6.45) is 5.73. The summed E-state index contributed by atoms with van der Waals surface area (Å²) < 4.78 is 1.77. The maximum atomic E-state index is 6.63. The van der Waals surface area contributed by atoms with Crippen molar-refractivity contribution in [3.8, 4) is 0 Å². The number of aromatic nitrogens is 3. The summed E-state index contributed by atoms with van der Waals surface area (Å²) >= 11 is 6.63. The summed E-state index contributed by atoms with van der Waals surface area (Å²) in [6, 6.07) is 10.8. The number of benzene rings is 1. The molecule has 136 valence electrons. The number of hydrogen-bond acceptors (Lipinski definition) is 4. The Morgan fingerprint density at radius 2 is 1.96 bits per heavy atom. The molecule has 3 aromatic rings. The third-order valence-electron chi connectivity index (χ3n) is 5.05. The molecule has 0 spiro atoms. The van der Waals surface area contributed by atoms with Gasteiger partial charge < -0.3 is 10.2 Å². The van der Waals surface area contributed by atoms with Crippen LogP contribution in [0.15, 0.2) is 42.7 Å². The van der Waals surface area contributed by atoms with Gasteiger partial charge in [0.2, 0.25) is 0 Å². The van der Waals surface area contributed by atoms with Crippen LogP contribution in [0.2, 0.25) is 5.02 Å². The first-order valence-corrected chi connectivity index (χ1v) is 9.70. The fourth-order valence-electron chi connectivity index (χ4n) is 3.69. The molecule has 1 aliphatic rings. The van der Waals surface area contributed by atoms with Crippen molar-refractivity contribution in [3.63, 3.8) is 0 Å². The summed E-state index contributed by atoms with van der Waals surface area (Å²) in [4.78, 5) is 6.80. The van der Waals surface area contributed by atoms with Gasteiger partial charge in [-0.1, -0.05) is 37.1 Å². The van der Waals surface area contributed by atoms with Crippen molar-refractivity contribution in [3.05, 3.63) is 59.0 Å². The number of rotatable bonds is 5. The van der Waals surface area contributed by atoms with Crippen LogP contribution in [-0.4, -0.2) is 40.8 Å². The number of halogens is 1. The zero-order valence-corrected chi connectivity index (χ0v) is 15.8. The Kier molecular flexibility index (Phi) is 5.09. The van der Waals surface area contributed by atoms with E-state index in [-0.39, 0.29) is 5.92 Å². The molecule has 1 unspecified atom stereocenters. The quantitative estimate of drug-likeness (QED) is 0.744. The summed E-state index contributed by atoms with van der Waals surface area (Å²) in [7, 11) is 0. The summed E-state index contributed by atoms with van der Waals surface area (Å²) in [5, 5.41) is 8.78. The van der Waals surface area contributed by atoms with Crippen molar-refractivity contribution in [1.82, 2.24) is 19.9 Å². The van der Waals surface area contributed by atoms with Gasteiger partial charge in [0.15, 0.2) is 5.65 Å². The molecule has 1 aromatic carbocycles. The van der Waals surface area contributed by atoms with Crippen LogP contribution in [0.4, 0.5) is 5.69 Å². The molecule has 4 rings (SSSR count). The van der Waals surface area contributed by atoms with Crippen LogP contribution in [0.25, 0.3) is 5.65 Å². The molecule has 0 saturated carbocycles.